The maximum atomic E-state index is 12.1. The number of aryl methyl sites for hydroxylation is 1. The Bertz CT molecular complexity index is 634. The van der Waals surface area contributed by atoms with Crippen LogP contribution in [-0.2, 0) is 14.8 Å². The molecule has 0 aliphatic rings. The Hall–Kier alpha value is -1.44. The van der Waals surface area contributed by atoms with Gasteiger partial charge in [0.2, 0.25) is 15.9 Å². The van der Waals surface area contributed by atoms with E-state index in [0.29, 0.717) is 25.8 Å². The predicted octanol–water partition coefficient (Wildman–Crippen LogP) is 1.69. The molecule has 0 saturated heterocycles. The Labute approximate surface area is 145 Å². The van der Waals surface area contributed by atoms with Crippen molar-refractivity contribution < 1.29 is 13.2 Å². The van der Waals surface area contributed by atoms with Crippen molar-refractivity contribution in [2.75, 3.05) is 6.54 Å². The SMILES string of the molecule is Cc1ccc(S(=O)(=O)NCCCCC(N)C(=O)NC(C)(C)C)cc1. The first-order valence-electron chi connectivity index (χ1n) is 8.15. The van der Waals surface area contributed by atoms with E-state index in [9.17, 15) is 13.2 Å². The molecule has 1 atom stereocenters. The van der Waals surface area contributed by atoms with Crippen LogP contribution in [0.1, 0.15) is 45.6 Å². The highest BCUT2D eigenvalue weighted by molar-refractivity contribution is 7.89. The van der Waals surface area contributed by atoms with E-state index in [1.54, 1.807) is 24.3 Å². The van der Waals surface area contributed by atoms with Gasteiger partial charge in [0.25, 0.3) is 0 Å². The lowest BCUT2D eigenvalue weighted by Crippen LogP contribution is -2.48. The molecule has 6 nitrogen and oxygen atoms in total. The molecule has 1 aromatic rings. The summed E-state index contributed by atoms with van der Waals surface area (Å²) in [6.45, 7) is 7.93. The van der Waals surface area contributed by atoms with E-state index in [1.165, 1.54) is 0 Å². The lowest BCUT2D eigenvalue weighted by atomic mass is 10.1. The van der Waals surface area contributed by atoms with Crippen molar-refractivity contribution in [1.29, 1.82) is 0 Å². The summed E-state index contributed by atoms with van der Waals surface area (Å²) in [6, 6.07) is 6.13. The topological polar surface area (TPSA) is 101 Å². The summed E-state index contributed by atoms with van der Waals surface area (Å²) >= 11 is 0. The number of nitrogens with one attached hydrogen (secondary N) is 2. The second-order valence-electron chi connectivity index (χ2n) is 7.05. The standard InChI is InChI=1S/C17H29N3O3S/c1-13-8-10-14(11-9-13)24(22,23)19-12-6-5-7-15(18)16(21)20-17(2,3)4/h8-11,15,19H,5-7,12,18H2,1-4H3,(H,20,21). The van der Waals surface area contributed by atoms with Crippen molar-refractivity contribution in [3.05, 3.63) is 29.8 Å². The average Bonchev–Trinajstić information content (AvgIpc) is 2.45. The Balaban J connectivity index is 2.33. The van der Waals surface area contributed by atoms with Crippen molar-refractivity contribution >= 4 is 15.9 Å². The van der Waals surface area contributed by atoms with Gasteiger partial charge in [0.1, 0.15) is 0 Å². The second kappa shape index (κ2) is 8.60. The van der Waals surface area contributed by atoms with Crippen molar-refractivity contribution in [2.24, 2.45) is 5.73 Å². The van der Waals surface area contributed by atoms with Crippen LogP contribution in [0.2, 0.25) is 0 Å². The number of rotatable bonds is 8. The van der Waals surface area contributed by atoms with Crippen LogP contribution in [0.5, 0.6) is 0 Å². The number of carbonyl (C=O) groups is 1. The van der Waals surface area contributed by atoms with E-state index in [4.69, 9.17) is 5.73 Å². The molecule has 24 heavy (non-hydrogen) atoms. The summed E-state index contributed by atoms with van der Waals surface area (Å²) in [5, 5.41) is 2.83. The van der Waals surface area contributed by atoms with Gasteiger partial charge in [0.15, 0.2) is 0 Å². The third-order valence-corrected chi connectivity index (χ3v) is 4.88. The lowest BCUT2D eigenvalue weighted by molar-refractivity contribution is -0.123. The van der Waals surface area contributed by atoms with E-state index in [1.807, 2.05) is 27.7 Å². The number of carbonyl (C=O) groups excluding carboxylic acids is 1. The molecule has 0 aliphatic carbocycles. The summed E-state index contributed by atoms with van der Waals surface area (Å²) in [4.78, 5) is 12.1. The zero-order valence-corrected chi connectivity index (χ0v) is 15.7. The summed E-state index contributed by atoms with van der Waals surface area (Å²) in [7, 11) is -3.48. The fraction of sp³-hybridized carbons (Fsp3) is 0.588. The maximum absolute atomic E-state index is 12.1. The third kappa shape index (κ3) is 7.42. The van der Waals surface area contributed by atoms with Crippen LogP contribution in [0.4, 0.5) is 0 Å². The number of hydrogen-bond acceptors (Lipinski definition) is 4. The van der Waals surface area contributed by atoms with E-state index in [-0.39, 0.29) is 16.3 Å². The zero-order chi connectivity index (χ0) is 18.4. The van der Waals surface area contributed by atoms with Crippen LogP contribution < -0.4 is 15.8 Å². The fourth-order valence-electron chi connectivity index (χ4n) is 2.09. The van der Waals surface area contributed by atoms with Crippen LogP contribution in [0.3, 0.4) is 0 Å². The zero-order valence-electron chi connectivity index (χ0n) is 14.9. The van der Waals surface area contributed by atoms with Crippen LogP contribution in [-0.4, -0.2) is 32.5 Å². The molecule has 1 amide bonds. The van der Waals surface area contributed by atoms with E-state index in [0.717, 1.165) is 5.56 Å². The molecule has 1 aromatic carbocycles. The summed E-state index contributed by atoms with van der Waals surface area (Å²) in [5.41, 5.74) is 6.55. The monoisotopic (exact) mass is 355 g/mol. The largest absolute Gasteiger partial charge is 0.350 e. The Kier molecular flexibility index (Phi) is 7.38. The van der Waals surface area contributed by atoms with Crippen molar-refractivity contribution in [2.45, 2.75) is 63.4 Å². The lowest BCUT2D eigenvalue weighted by Gasteiger charge is -2.23. The summed E-state index contributed by atoms with van der Waals surface area (Å²) < 4.78 is 26.8. The van der Waals surface area contributed by atoms with Crippen LogP contribution in [0, 0.1) is 6.92 Å². The first kappa shape index (κ1) is 20.6. The molecular formula is C17H29N3O3S. The molecule has 0 fully saturated rings. The Morgan fingerprint density at radius 3 is 2.29 bits per heavy atom. The van der Waals surface area contributed by atoms with E-state index < -0.39 is 16.1 Å². The quantitative estimate of drug-likeness (QED) is 0.618. The number of hydrogen-bond donors (Lipinski definition) is 3. The smallest absolute Gasteiger partial charge is 0.240 e. The minimum absolute atomic E-state index is 0.178. The minimum Gasteiger partial charge on any atom is -0.350 e. The number of unbranched alkanes of at least 4 members (excludes halogenated alkanes) is 1. The van der Waals surface area contributed by atoms with Crippen molar-refractivity contribution in [3.63, 3.8) is 0 Å². The molecule has 1 unspecified atom stereocenters. The fourth-order valence-corrected chi connectivity index (χ4v) is 3.16. The number of benzene rings is 1. The van der Waals surface area contributed by atoms with Crippen molar-refractivity contribution in [3.8, 4) is 0 Å². The van der Waals surface area contributed by atoms with Gasteiger partial charge in [-0.25, -0.2) is 13.1 Å². The van der Waals surface area contributed by atoms with Gasteiger partial charge < -0.3 is 11.1 Å². The van der Waals surface area contributed by atoms with Gasteiger partial charge in [-0.2, -0.15) is 0 Å². The molecule has 7 heteroatoms. The minimum atomic E-state index is -3.48. The second-order valence-corrected chi connectivity index (χ2v) is 8.82. The molecule has 1 rings (SSSR count). The molecule has 4 N–H and O–H groups in total. The molecule has 0 aliphatic heterocycles. The van der Waals surface area contributed by atoms with Gasteiger partial charge >= 0.3 is 0 Å². The highest BCUT2D eigenvalue weighted by Crippen LogP contribution is 2.10. The molecule has 0 spiro atoms. The molecule has 0 bridgehead atoms. The first-order chi connectivity index (χ1) is 11.0. The van der Waals surface area contributed by atoms with Gasteiger partial charge in [-0.1, -0.05) is 24.1 Å². The first-order valence-corrected chi connectivity index (χ1v) is 9.63. The number of amides is 1. The highest BCUT2D eigenvalue weighted by Gasteiger charge is 2.19. The summed E-state index contributed by atoms with van der Waals surface area (Å²) in [6.07, 6.45) is 1.82. The van der Waals surface area contributed by atoms with E-state index >= 15 is 0 Å². The maximum Gasteiger partial charge on any atom is 0.240 e. The molecule has 0 saturated carbocycles. The Morgan fingerprint density at radius 2 is 1.75 bits per heavy atom. The summed E-state index contributed by atoms with van der Waals surface area (Å²) in [5.74, 6) is -0.178. The van der Waals surface area contributed by atoms with Gasteiger partial charge in [-0.15, -0.1) is 0 Å². The highest BCUT2D eigenvalue weighted by atomic mass is 32.2. The van der Waals surface area contributed by atoms with Crippen LogP contribution in [0.25, 0.3) is 0 Å². The number of nitrogens with two attached hydrogens (primary N) is 1. The number of sulfonamides is 1. The average molecular weight is 356 g/mol. The Morgan fingerprint density at radius 1 is 1.17 bits per heavy atom. The molecule has 0 radical (unpaired) electrons. The van der Waals surface area contributed by atoms with Gasteiger partial charge in [0.05, 0.1) is 10.9 Å². The third-order valence-electron chi connectivity index (χ3n) is 3.40. The molecule has 0 aromatic heterocycles. The van der Waals surface area contributed by atoms with Gasteiger partial charge in [0, 0.05) is 12.1 Å². The van der Waals surface area contributed by atoms with Crippen LogP contribution >= 0.6 is 0 Å². The van der Waals surface area contributed by atoms with Gasteiger partial charge in [-0.3, -0.25) is 4.79 Å². The molecule has 136 valence electrons. The predicted molar refractivity (Wildman–Crippen MR) is 96.1 cm³/mol. The van der Waals surface area contributed by atoms with Crippen molar-refractivity contribution in [1.82, 2.24) is 10.0 Å². The van der Waals surface area contributed by atoms with Crippen LogP contribution in [0.15, 0.2) is 29.2 Å². The molecule has 0 heterocycles. The van der Waals surface area contributed by atoms with E-state index in [2.05, 4.69) is 10.0 Å². The normalized spacial score (nSPS) is 13.5. The van der Waals surface area contributed by atoms with Gasteiger partial charge in [-0.05, 0) is 52.7 Å². The molecular weight excluding hydrogens is 326 g/mol.